The maximum Gasteiger partial charge on any atom is 0.341 e. The summed E-state index contributed by atoms with van der Waals surface area (Å²) in [4.78, 5) is 28.3. The molecular weight excluding hydrogens is 260 g/mol. The third kappa shape index (κ3) is 3.70. The second-order valence-corrected chi connectivity index (χ2v) is 5.46. The van der Waals surface area contributed by atoms with Crippen LogP contribution in [0.4, 0.5) is 0 Å². The molecule has 0 bridgehead atoms. The summed E-state index contributed by atoms with van der Waals surface area (Å²) in [5.74, 6) is -2.28. The maximum atomic E-state index is 12.1. The van der Waals surface area contributed by atoms with Crippen molar-refractivity contribution in [2.75, 3.05) is 7.05 Å². The summed E-state index contributed by atoms with van der Waals surface area (Å²) in [6.07, 6.45) is 3.95. The molecule has 1 heterocycles. The number of hydrogen-bond donors (Lipinski definition) is 2. The van der Waals surface area contributed by atoms with Crippen LogP contribution in [0.5, 0.6) is 0 Å². The molecule has 1 saturated heterocycles. The van der Waals surface area contributed by atoms with E-state index < -0.39 is 24.0 Å². The number of nitrogens with zero attached hydrogens (tertiary/aromatic N) is 1. The predicted octanol–water partition coefficient (Wildman–Crippen LogP) is 1.19. The largest absolute Gasteiger partial charge is 0.374 e. The fourth-order valence-electron chi connectivity index (χ4n) is 2.66. The fraction of sp³-hybridized carbons (Fsp3) is 0.857. The molecule has 1 aliphatic heterocycles. The average Bonchev–Trinajstić information content (AvgIpc) is 2.66. The van der Waals surface area contributed by atoms with Crippen LogP contribution in [0.1, 0.15) is 52.9 Å². The van der Waals surface area contributed by atoms with Crippen LogP contribution >= 0.6 is 0 Å². The first-order chi connectivity index (χ1) is 9.43. The zero-order valence-electron chi connectivity index (χ0n) is 12.8. The van der Waals surface area contributed by atoms with Crippen molar-refractivity contribution in [1.29, 1.82) is 0 Å². The van der Waals surface area contributed by atoms with Gasteiger partial charge in [0.2, 0.25) is 5.91 Å². The first-order valence-corrected chi connectivity index (χ1v) is 7.38. The molecular formula is C14H26N2O4. The number of carbonyl (C=O) groups is 2. The van der Waals surface area contributed by atoms with Crippen molar-refractivity contribution in [2.45, 2.75) is 64.6 Å². The topological polar surface area (TPSA) is 78.9 Å². The van der Waals surface area contributed by atoms with Gasteiger partial charge in [0.15, 0.2) is 12.1 Å². The van der Waals surface area contributed by atoms with E-state index in [4.69, 9.17) is 4.84 Å². The molecule has 2 fully saturated rings. The number of amides is 1. The first kappa shape index (κ1) is 16.9. The molecule has 0 aromatic carbocycles. The van der Waals surface area contributed by atoms with Gasteiger partial charge in [-0.1, -0.05) is 33.1 Å². The van der Waals surface area contributed by atoms with E-state index in [1.54, 1.807) is 0 Å². The fourth-order valence-corrected chi connectivity index (χ4v) is 2.66. The van der Waals surface area contributed by atoms with E-state index in [0.717, 1.165) is 30.7 Å². The van der Waals surface area contributed by atoms with Crippen molar-refractivity contribution in [3.05, 3.63) is 0 Å². The number of carbonyl (C=O) groups excluding carboxylic acids is 2. The Labute approximate surface area is 120 Å². The predicted molar refractivity (Wildman–Crippen MR) is 74.3 cm³/mol. The van der Waals surface area contributed by atoms with Crippen LogP contribution in [0.2, 0.25) is 0 Å². The summed E-state index contributed by atoms with van der Waals surface area (Å²) in [5, 5.41) is 13.6. The van der Waals surface area contributed by atoms with E-state index in [0.29, 0.717) is 0 Å². The van der Waals surface area contributed by atoms with Crippen molar-refractivity contribution in [3.63, 3.8) is 0 Å². The molecule has 1 amide bonds. The van der Waals surface area contributed by atoms with Crippen LogP contribution in [-0.2, 0) is 14.4 Å². The summed E-state index contributed by atoms with van der Waals surface area (Å²) in [6.45, 7) is 5.99. The smallest absolute Gasteiger partial charge is 0.341 e. The van der Waals surface area contributed by atoms with Crippen LogP contribution in [0, 0.1) is 5.92 Å². The highest BCUT2D eigenvalue weighted by Gasteiger charge is 2.47. The number of nitrogens with one attached hydrogen (secondary N) is 1. The van der Waals surface area contributed by atoms with Crippen LogP contribution < -0.4 is 5.32 Å². The summed E-state index contributed by atoms with van der Waals surface area (Å²) in [7, 11) is 1.43. The second-order valence-electron chi connectivity index (χ2n) is 5.46. The van der Waals surface area contributed by atoms with Crippen LogP contribution in [0.25, 0.3) is 0 Å². The zero-order valence-corrected chi connectivity index (χ0v) is 12.8. The van der Waals surface area contributed by atoms with Gasteiger partial charge in [-0.3, -0.25) is 4.79 Å². The van der Waals surface area contributed by atoms with Gasteiger partial charge in [0.1, 0.15) is 0 Å². The number of rotatable bonds is 2. The SMILES string of the molecule is CC.CN1OC(=O)C(C(=O)NC2(C)CCCCC2)C1O. The van der Waals surface area contributed by atoms with Crippen molar-refractivity contribution >= 4 is 11.9 Å². The summed E-state index contributed by atoms with van der Waals surface area (Å²) in [6, 6.07) is 0. The van der Waals surface area contributed by atoms with E-state index in [1.807, 2.05) is 20.8 Å². The molecule has 0 aromatic rings. The molecule has 2 aliphatic rings. The molecule has 0 aromatic heterocycles. The molecule has 2 rings (SSSR count). The number of hydrogen-bond acceptors (Lipinski definition) is 5. The highest BCUT2D eigenvalue weighted by Crippen LogP contribution is 2.29. The van der Waals surface area contributed by atoms with Crippen molar-refractivity contribution < 1.29 is 19.5 Å². The van der Waals surface area contributed by atoms with Gasteiger partial charge in [0.25, 0.3) is 0 Å². The Kier molecular flexibility index (Phi) is 5.95. The molecule has 1 saturated carbocycles. The maximum absolute atomic E-state index is 12.1. The van der Waals surface area contributed by atoms with Crippen molar-refractivity contribution in [1.82, 2.24) is 10.4 Å². The van der Waals surface area contributed by atoms with Gasteiger partial charge in [-0.25, -0.2) is 4.79 Å². The molecule has 2 unspecified atom stereocenters. The quantitative estimate of drug-likeness (QED) is 0.746. The Bertz CT molecular complexity index is 353. The third-order valence-electron chi connectivity index (χ3n) is 3.82. The van der Waals surface area contributed by atoms with Crippen LogP contribution in [-0.4, -0.2) is 40.9 Å². The van der Waals surface area contributed by atoms with Crippen LogP contribution in [0.15, 0.2) is 0 Å². The Morgan fingerprint density at radius 2 is 1.90 bits per heavy atom. The van der Waals surface area contributed by atoms with Gasteiger partial charge in [-0.15, -0.1) is 5.06 Å². The summed E-state index contributed by atoms with van der Waals surface area (Å²) < 4.78 is 0. The van der Waals surface area contributed by atoms with Gasteiger partial charge in [-0.05, 0) is 19.8 Å². The molecule has 6 heteroatoms. The molecule has 6 nitrogen and oxygen atoms in total. The molecule has 1 aliphatic carbocycles. The normalized spacial score (nSPS) is 29.1. The Hall–Kier alpha value is -1.14. The molecule has 0 spiro atoms. The van der Waals surface area contributed by atoms with Gasteiger partial charge >= 0.3 is 5.97 Å². The lowest BCUT2D eigenvalue weighted by Crippen LogP contribution is -2.52. The lowest BCUT2D eigenvalue weighted by Gasteiger charge is -2.35. The first-order valence-electron chi connectivity index (χ1n) is 7.38. The Balaban J connectivity index is 0.000000956. The highest BCUT2D eigenvalue weighted by molar-refractivity contribution is 5.99. The lowest BCUT2D eigenvalue weighted by molar-refractivity contribution is -0.183. The molecule has 2 N–H and O–H groups in total. The van der Waals surface area contributed by atoms with E-state index in [9.17, 15) is 14.7 Å². The molecule has 116 valence electrons. The zero-order chi connectivity index (χ0) is 15.3. The number of aliphatic hydroxyl groups is 1. The minimum absolute atomic E-state index is 0.267. The lowest BCUT2D eigenvalue weighted by atomic mass is 9.83. The monoisotopic (exact) mass is 286 g/mol. The van der Waals surface area contributed by atoms with E-state index in [-0.39, 0.29) is 5.54 Å². The second kappa shape index (κ2) is 7.04. The van der Waals surface area contributed by atoms with E-state index in [2.05, 4.69) is 5.32 Å². The molecule has 20 heavy (non-hydrogen) atoms. The van der Waals surface area contributed by atoms with Gasteiger partial charge < -0.3 is 15.3 Å². The van der Waals surface area contributed by atoms with Crippen molar-refractivity contribution in [2.24, 2.45) is 5.92 Å². The summed E-state index contributed by atoms with van der Waals surface area (Å²) >= 11 is 0. The van der Waals surface area contributed by atoms with E-state index >= 15 is 0 Å². The number of hydroxylamine groups is 2. The molecule has 2 atom stereocenters. The minimum atomic E-state index is -1.20. The standard InChI is InChI=1S/C12H20N2O4.C2H6/c1-12(6-4-3-5-7-12)13-9(15)8-10(16)14(2)18-11(8)17;1-2/h8,10,16H,3-7H2,1-2H3,(H,13,15);1-2H3. The van der Waals surface area contributed by atoms with Crippen LogP contribution in [0.3, 0.4) is 0 Å². The third-order valence-corrected chi connectivity index (χ3v) is 3.82. The minimum Gasteiger partial charge on any atom is -0.374 e. The average molecular weight is 286 g/mol. The Morgan fingerprint density at radius 1 is 1.35 bits per heavy atom. The molecule has 0 radical (unpaired) electrons. The van der Waals surface area contributed by atoms with E-state index in [1.165, 1.54) is 13.5 Å². The van der Waals surface area contributed by atoms with Crippen molar-refractivity contribution in [3.8, 4) is 0 Å². The Morgan fingerprint density at radius 3 is 2.35 bits per heavy atom. The highest BCUT2D eigenvalue weighted by atomic mass is 16.7. The number of aliphatic hydroxyl groups excluding tert-OH is 1. The van der Waals surface area contributed by atoms with Gasteiger partial charge in [0.05, 0.1) is 0 Å². The summed E-state index contributed by atoms with van der Waals surface area (Å²) in [5.41, 5.74) is -0.267. The van der Waals surface area contributed by atoms with Gasteiger partial charge in [-0.2, -0.15) is 0 Å². The van der Waals surface area contributed by atoms with Gasteiger partial charge in [0, 0.05) is 12.6 Å².